The average Bonchev–Trinajstić information content (AvgIpc) is 3.44. The third kappa shape index (κ3) is 63.7. The summed E-state index contributed by atoms with van der Waals surface area (Å²) < 4.78 is 17.0. The molecular formula is C72H128O6. The number of allylic oxidation sites excluding steroid dienone is 12. The molecule has 6 heteroatoms. The monoisotopic (exact) mass is 1090 g/mol. The van der Waals surface area contributed by atoms with Crippen molar-refractivity contribution >= 4 is 17.9 Å². The van der Waals surface area contributed by atoms with Crippen molar-refractivity contribution in [1.82, 2.24) is 0 Å². The van der Waals surface area contributed by atoms with Gasteiger partial charge in [0.05, 0.1) is 0 Å². The highest BCUT2D eigenvalue weighted by Crippen LogP contribution is 2.17. The highest BCUT2D eigenvalue weighted by atomic mass is 16.6. The molecule has 78 heavy (non-hydrogen) atoms. The average molecular weight is 1090 g/mol. The maximum absolute atomic E-state index is 13.0. The molecule has 1 unspecified atom stereocenters. The molecule has 0 rings (SSSR count). The molecule has 0 bridgehead atoms. The number of hydrogen-bond acceptors (Lipinski definition) is 6. The first-order valence-corrected chi connectivity index (χ1v) is 33.9. The van der Waals surface area contributed by atoms with Crippen LogP contribution in [0.5, 0.6) is 0 Å². The van der Waals surface area contributed by atoms with Crippen LogP contribution in [-0.4, -0.2) is 37.2 Å². The van der Waals surface area contributed by atoms with Crippen molar-refractivity contribution in [3.05, 3.63) is 72.9 Å². The summed E-state index contributed by atoms with van der Waals surface area (Å²) in [7, 11) is 0. The maximum atomic E-state index is 13.0. The Kier molecular flexibility index (Phi) is 63.7. The van der Waals surface area contributed by atoms with Gasteiger partial charge in [-0.25, -0.2) is 0 Å². The Morgan fingerprint density at radius 2 is 0.500 bits per heavy atom. The molecule has 0 amide bonds. The fourth-order valence-corrected chi connectivity index (χ4v) is 9.88. The Morgan fingerprint density at radius 3 is 0.782 bits per heavy atom. The van der Waals surface area contributed by atoms with Gasteiger partial charge in [0, 0.05) is 19.3 Å². The van der Waals surface area contributed by atoms with E-state index in [-0.39, 0.29) is 31.1 Å². The van der Waals surface area contributed by atoms with Crippen molar-refractivity contribution in [3.8, 4) is 0 Å². The first-order valence-electron chi connectivity index (χ1n) is 33.9. The summed E-state index contributed by atoms with van der Waals surface area (Å²) in [6.07, 6.45) is 86.2. The molecule has 0 spiro atoms. The van der Waals surface area contributed by atoms with Crippen LogP contribution in [0, 0.1) is 0 Å². The molecule has 0 aromatic carbocycles. The smallest absolute Gasteiger partial charge is 0.306 e. The van der Waals surface area contributed by atoms with Crippen LogP contribution < -0.4 is 0 Å². The van der Waals surface area contributed by atoms with Crippen molar-refractivity contribution in [2.75, 3.05) is 13.2 Å². The third-order valence-corrected chi connectivity index (χ3v) is 14.9. The molecule has 0 aliphatic carbocycles. The molecule has 0 saturated heterocycles. The normalized spacial score (nSPS) is 12.5. The number of rotatable bonds is 62. The zero-order valence-corrected chi connectivity index (χ0v) is 51.9. The van der Waals surface area contributed by atoms with E-state index in [0.29, 0.717) is 19.3 Å². The molecule has 0 heterocycles. The lowest BCUT2D eigenvalue weighted by atomic mass is 10.0. The molecule has 0 N–H and O–H groups in total. The van der Waals surface area contributed by atoms with E-state index in [1.807, 2.05) is 0 Å². The van der Waals surface area contributed by atoms with Crippen LogP contribution in [0.1, 0.15) is 348 Å². The van der Waals surface area contributed by atoms with Gasteiger partial charge in [-0.05, 0) is 89.9 Å². The standard InChI is InChI=1S/C72H128O6/c1-4-7-10-13-16-19-22-25-28-31-34-36-38-41-44-47-50-53-56-59-62-65-71(74)77-68-69(67-76-70(73)64-61-58-55-52-49-46-43-40-33-30-27-24-21-18-15-12-9-6-3)78-72(75)66-63-60-57-54-51-48-45-42-39-37-35-32-29-26-23-20-17-14-11-8-5-2/h7,10,16,19,23,25-26,28,32,34-36,69H,4-6,8-9,11-15,17-18,20-22,24,27,29-31,33,37-68H2,1-3H3/b10-7-,19-16-,26-23-,28-25-,35-32-,36-34-. The van der Waals surface area contributed by atoms with Crippen LogP contribution >= 0.6 is 0 Å². The van der Waals surface area contributed by atoms with Crippen LogP contribution in [-0.2, 0) is 28.6 Å². The Bertz CT molecular complexity index is 1440. The predicted molar refractivity (Wildman–Crippen MR) is 339 cm³/mol. The Hall–Kier alpha value is -3.15. The van der Waals surface area contributed by atoms with Gasteiger partial charge in [-0.1, -0.05) is 312 Å². The zero-order chi connectivity index (χ0) is 56.4. The molecule has 0 fully saturated rings. The second-order valence-electron chi connectivity index (χ2n) is 22.7. The van der Waals surface area contributed by atoms with Gasteiger partial charge in [0.2, 0.25) is 0 Å². The molecule has 6 nitrogen and oxygen atoms in total. The number of carbonyl (C=O) groups is 3. The molecule has 0 aliphatic heterocycles. The maximum Gasteiger partial charge on any atom is 0.306 e. The molecule has 0 radical (unpaired) electrons. The molecule has 0 saturated carbocycles. The van der Waals surface area contributed by atoms with E-state index in [0.717, 1.165) is 96.3 Å². The minimum Gasteiger partial charge on any atom is -0.462 e. The SMILES string of the molecule is CC/C=C\C/C=C\C/C=C\C/C=C\CCCCCCCCCCC(=O)OCC(COC(=O)CCCCCCCCCCCCCCCCCCCC)OC(=O)CCCCCCCCCCC/C=C\C/C=C\CCCCCCC. The van der Waals surface area contributed by atoms with Gasteiger partial charge in [-0.15, -0.1) is 0 Å². The molecule has 1 atom stereocenters. The van der Waals surface area contributed by atoms with E-state index in [2.05, 4.69) is 93.7 Å². The lowest BCUT2D eigenvalue weighted by molar-refractivity contribution is -0.167. The van der Waals surface area contributed by atoms with E-state index >= 15 is 0 Å². The topological polar surface area (TPSA) is 78.9 Å². The summed E-state index contributed by atoms with van der Waals surface area (Å²) in [5.41, 5.74) is 0. The van der Waals surface area contributed by atoms with Gasteiger partial charge in [-0.3, -0.25) is 14.4 Å². The van der Waals surface area contributed by atoms with E-state index < -0.39 is 6.10 Å². The minimum absolute atomic E-state index is 0.0761. The van der Waals surface area contributed by atoms with Crippen molar-refractivity contribution in [3.63, 3.8) is 0 Å². The van der Waals surface area contributed by atoms with E-state index in [1.54, 1.807) is 0 Å². The Labute approximate surface area is 484 Å². The largest absolute Gasteiger partial charge is 0.462 e. The Morgan fingerprint density at radius 1 is 0.269 bits per heavy atom. The molecule has 452 valence electrons. The van der Waals surface area contributed by atoms with Crippen LogP contribution in [0.2, 0.25) is 0 Å². The van der Waals surface area contributed by atoms with Crippen LogP contribution in [0.3, 0.4) is 0 Å². The summed E-state index contributed by atoms with van der Waals surface area (Å²) >= 11 is 0. The fourth-order valence-electron chi connectivity index (χ4n) is 9.88. The van der Waals surface area contributed by atoms with E-state index in [4.69, 9.17) is 14.2 Å². The van der Waals surface area contributed by atoms with Crippen molar-refractivity contribution < 1.29 is 28.6 Å². The van der Waals surface area contributed by atoms with Crippen molar-refractivity contribution in [2.45, 2.75) is 354 Å². The summed E-state index contributed by atoms with van der Waals surface area (Å²) in [5, 5.41) is 0. The number of esters is 3. The van der Waals surface area contributed by atoms with E-state index in [9.17, 15) is 14.4 Å². The van der Waals surface area contributed by atoms with Gasteiger partial charge in [0.1, 0.15) is 13.2 Å². The lowest BCUT2D eigenvalue weighted by Gasteiger charge is -2.18. The first kappa shape index (κ1) is 74.8. The molecular weight excluding hydrogens is 961 g/mol. The van der Waals surface area contributed by atoms with Crippen LogP contribution in [0.4, 0.5) is 0 Å². The summed E-state index contributed by atoms with van der Waals surface area (Å²) in [6, 6.07) is 0. The van der Waals surface area contributed by atoms with Gasteiger partial charge in [0.15, 0.2) is 6.10 Å². The summed E-state index contributed by atoms with van der Waals surface area (Å²) in [5.74, 6) is -0.868. The number of hydrogen-bond donors (Lipinski definition) is 0. The minimum atomic E-state index is -0.782. The van der Waals surface area contributed by atoms with Gasteiger partial charge >= 0.3 is 17.9 Å². The number of carbonyl (C=O) groups excluding carboxylic acids is 3. The quantitative estimate of drug-likeness (QED) is 0.0261. The second-order valence-corrected chi connectivity index (χ2v) is 22.7. The summed E-state index contributed by atoms with van der Waals surface area (Å²) in [6.45, 7) is 6.56. The second kappa shape index (κ2) is 66.4. The van der Waals surface area contributed by atoms with Gasteiger partial charge in [0.25, 0.3) is 0 Å². The zero-order valence-electron chi connectivity index (χ0n) is 51.9. The molecule has 0 aliphatic rings. The molecule has 0 aromatic rings. The van der Waals surface area contributed by atoms with Crippen molar-refractivity contribution in [2.24, 2.45) is 0 Å². The highest BCUT2D eigenvalue weighted by Gasteiger charge is 2.19. The first-order chi connectivity index (χ1) is 38.5. The predicted octanol–water partition coefficient (Wildman–Crippen LogP) is 23.3. The third-order valence-electron chi connectivity index (χ3n) is 14.9. The van der Waals surface area contributed by atoms with Crippen molar-refractivity contribution in [1.29, 1.82) is 0 Å². The number of ether oxygens (including phenoxy) is 3. The van der Waals surface area contributed by atoms with E-state index in [1.165, 1.54) is 212 Å². The van der Waals surface area contributed by atoms with Crippen LogP contribution in [0.25, 0.3) is 0 Å². The highest BCUT2D eigenvalue weighted by molar-refractivity contribution is 5.71. The van der Waals surface area contributed by atoms with Gasteiger partial charge in [-0.2, -0.15) is 0 Å². The number of unbranched alkanes of at least 4 members (excludes halogenated alkanes) is 39. The summed E-state index contributed by atoms with van der Waals surface area (Å²) in [4.78, 5) is 38.4. The molecule has 0 aromatic heterocycles. The Balaban J connectivity index is 4.37. The van der Waals surface area contributed by atoms with Crippen LogP contribution in [0.15, 0.2) is 72.9 Å². The lowest BCUT2D eigenvalue weighted by Crippen LogP contribution is -2.30. The fraction of sp³-hybridized carbons (Fsp3) is 0.792. The van der Waals surface area contributed by atoms with Gasteiger partial charge < -0.3 is 14.2 Å².